The van der Waals surface area contributed by atoms with Crippen LogP contribution in [-0.2, 0) is 6.42 Å². The molecule has 122 valence electrons. The number of halogens is 1. The van der Waals surface area contributed by atoms with Crippen LogP contribution in [0.15, 0.2) is 29.3 Å². The molecule has 0 saturated carbocycles. The fraction of sp³-hybridized carbons (Fsp3) is 0.611. The molecular weight excluding hydrogens is 385 g/mol. The predicted molar refractivity (Wildman–Crippen MR) is 104 cm³/mol. The van der Waals surface area contributed by atoms with Gasteiger partial charge in [0.15, 0.2) is 5.96 Å². The van der Waals surface area contributed by atoms with Crippen molar-refractivity contribution in [2.75, 3.05) is 26.2 Å². The molecule has 1 N–H and O–H groups in total. The van der Waals surface area contributed by atoms with Crippen molar-refractivity contribution in [2.24, 2.45) is 10.4 Å². The lowest BCUT2D eigenvalue weighted by Crippen LogP contribution is -2.41. The van der Waals surface area contributed by atoms with Gasteiger partial charge in [-0.25, -0.2) is 0 Å². The van der Waals surface area contributed by atoms with Crippen LogP contribution in [0.5, 0.6) is 0 Å². The Bertz CT molecular complexity index is 539. The number of nitrogens with one attached hydrogen (secondary N) is 1. The first-order valence-corrected chi connectivity index (χ1v) is 8.20. The molecule has 1 aromatic carbocycles. The SMILES string of the molecule is CCNC(=NCC1Cc2ccccc21)N1CCC(C)(C)C1.I. The number of fused-ring (bicyclic) bond motifs is 1. The molecule has 2 aliphatic rings. The fourth-order valence-electron chi connectivity index (χ4n) is 3.44. The van der Waals surface area contributed by atoms with E-state index >= 15 is 0 Å². The molecule has 0 spiro atoms. The second-order valence-corrected chi connectivity index (χ2v) is 7.13. The van der Waals surface area contributed by atoms with Gasteiger partial charge < -0.3 is 10.2 Å². The maximum Gasteiger partial charge on any atom is 0.193 e. The highest BCUT2D eigenvalue weighted by Crippen LogP contribution is 2.35. The fourth-order valence-corrected chi connectivity index (χ4v) is 3.44. The van der Waals surface area contributed by atoms with E-state index in [2.05, 4.69) is 55.3 Å². The average molecular weight is 413 g/mol. The maximum atomic E-state index is 4.91. The zero-order valence-corrected chi connectivity index (χ0v) is 16.3. The molecule has 4 heteroatoms. The largest absolute Gasteiger partial charge is 0.357 e. The van der Waals surface area contributed by atoms with Gasteiger partial charge in [0.1, 0.15) is 0 Å². The predicted octanol–water partition coefficient (Wildman–Crippen LogP) is 3.64. The summed E-state index contributed by atoms with van der Waals surface area (Å²) in [6.07, 6.45) is 2.44. The highest BCUT2D eigenvalue weighted by molar-refractivity contribution is 14.0. The second kappa shape index (κ2) is 7.20. The van der Waals surface area contributed by atoms with Crippen LogP contribution in [0, 0.1) is 5.41 Å². The summed E-state index contributed by atoms with van der Waals surface area (Å²) < 4.78 is 0. The molecular formula is C18H28IN3. The lowest BCUT2D eigenvalue weighted by Gasteiger charge is -2.30. The Hall–Kier alpha value is -0.780. The van der Waals surface area contributed by atoms with E-state index in [4.69, 9.17) is 4.99 Å². The number of rotatable bonds is 3. The Labute approximate surface area is 151 Å². The highest BCUT2D eigenvalue weighted by atomic mass is 127. The van der Waals surface area contributed by atoms with Gasteiger partial charge in [-0.1, -0.05) is 38.1 Å². The van der Waals surface area contributed by atoms with Gasteiger partial charge in [0.2, 0.25) is 0 Å². The van der Waals surface area contributed by atoms with Gasteiger partial charge in [-0.2, -0.15) is 0 Å². The van der Waals surface area contributed by atoms with Crippen LogP contribution in [0.3, 0.4) is 0 Å². The monoisotopic (exact) mass is 413 g/mol. The van der Waals surface area contributed by atoms with E-state index in [0.717, 1.165) is 32.1 Å². The van der Waals surface area contributed by atoms with Crippen molar-refractivity contribution in [3.05, 3.63) is 35.4 Å². The third-order valence-electron chi connectivity index (χ3n) is 4.73. The molecule has 0 radical (unpaired) electrons. The van der Waals surface area contributed by atoms with E-state index < -0.39 is 0 Å². The molecule has 3 nitrogen and oxygen atoms in total. The van der Waals surface area contributed by atoms with Gasteiger partial charge in [0.25, 0.3) is 0 Å². The zero-order chi connectivity index (χ0) is 14.9. The minimum Gasteiger partial charge on any atom is -0.357 e. The molecule has 1 aliphatic carbocycles. The zero-order valence-electron chi connectivity index (χ0n) is 13.9. The molecule has 1 aromatic rings. The molecule has 1 unspecified atom stereocenters. The molecule has 1 heterocycles. The van der Waals surface area contributed by atoms with Crippen molar-refractivity contribution in [2.45, 2.75) is 39.5 Å². The highest BCUT2D eigenvalue weighted by Gasteiger charge is 2.31. The van der Waals surface area contributed by atoms with Gasteiger partial charge in [-0.05, 0) is 36.3 Å². The van der Waals surface area contributed by atoms with Crippen LogP contribution < -0.4 is 5.32 Å². The van der Waals surface area contributed by atoms with E-state index in [9.17, 15) is 0 Å². The van der Waals surface area contributed by atoms with E-state index in [1.165, 1.54) is 24.0 Å². The van der Waals surface area contributed by atoms with Crippen LogP contribution in [0.25, 0.3) is 0 Å². The van der Waals surface area contributed by atoms with Crippen LogP contribution in [0.4, 0.5) is 0 Å². The van der Waals surface area contributed by atoms with Crippen molar-refractivity contribution < 1.29 is 0 Å². The minimum atomic E-state index is 0. The molecule has 0 aromatic heterocycles. The Balaban J connectivity index is 0.00000176. The number of hydrogen-bond donors (Lipinski definition) is 1. The number of aliphatic imine (C=N–C) groups is 1. The van der Waals surface area contributed by atoms with Crippen LogP contribution in [0.2, 0.25) is 0 Å². The Kier molecular flexibility index (Phi) is 5.75. The van der Waals surface area contributed by atoms with Gasteiger partial charge in [-0.15, -0.1) is 24.0 Å². The van der Waals surface area contributed by atoms with E-state index in [1.54, 1.807) is 0 Å². The summed E-state index contributed by atoms with van der Waals surface area (Å²) in [6.45, 7) is 10.9. The summed E-state index contributed by atoms with van der Waals surface area (Å²) in [6, 6.07) is 8.77. The summed E-state index contributed by atoms with van der Waals surface area (Å²) in [7, 11) is 0. The van der Waals surface area contributed by atoms with Crippen LogP contribution in [0.1, 0.15) is 44.2 Å². The van der Waals surface area contributed by atoms with E-state index in [0.29, 0.717) is 11.3 Å². The van der Waals surface area contributed by atoms with Gasteiger partial charge in [0.05, 0.1) is 0 Å². The normalized spacial score (nSPS) is 22.6. The molecule has 1 saturated heterocycles. The van der Waals surface area contributed by atoms with Gasteiger partial charge in [-0.3, -0.25) is 4.99 Å². The van der Waals surface area contributed by atoms with Crippen LogP contribution in [-0.4, -0.2) is 37.0 Å². The standard InChI is InChI=1S/C18H27N3.HI/c1-4-19-17(21-10-9-18(2,3)13-21)20-12-15-11-14-7-5-6-8-16(14)15;/h5-8,15H,4,9-13H2,1-3H3,(H,19,20);1H. The summed E-state index contributed by atoms with van der Waals surface area (Å²) in [5, 5.41) is 3.47. The van der Waals surface area contributed by atoms with Crippen molar-refractivity contribution in [1.82, 2.24) is 10.2 Å². The summed E-state index contributed by atoms with van der Waals surface area (Å²) >= 11 is 0. The van der Waals surface area contributed by atoms with Crippen molar-refractivity contribution in [3.63, 3.8) is 0 Å². The smallest absolute Gasteiger partial charge is 0.193 e. The first kappa shape index (κ1) is 17.6. The molecule has 1 fully saturated rings. The molecule has 1 atom stereocenters. The Morgan fingerprint density at radius 1 is 1.36 bits per heavy atom. The third kappa shape index (κ3) is 3.76. The summed E-state index contributed by atoms with van der Waals surface area (Å²) in [5.41, 5.74) is 3.42. The topological polar surface area (TPSA) is 27.6 Å². The van der Waals surface area contributed by atoms with Crippen molar-refractivity contribution in [1.29, 1.82) is 0 Å². The van der Waals surface area contributed by atoms with Crippen LogP contribution >= 0.6 is 24.0 Å². The molecule has 1 aliphatic heterocycles. The van der Waals surface area contributed by atoms with Gasteiger partial charge in [0, 0.05) is 32.1 Å². The van der Waals surface area contributed by atoms with E-state index in [-0.39, 0.29) is 24.0 Å². The Morgan fingerprint density at radius 3 is 2.77 bits per heavy atom. The summed E-state index contributed by atoms with van der Waals surface area (Å²) in [5.74, 6) is 1.72. The number of likely N-dealkylation sites (tertiary alicyclic amines) is 1. The minimum absolute atomic E-state index is 0. The molecule has 3 rings (SSSR count). The second-order valence-electron chi connectivity index (χ2n) is 7.13. The van der Waals surface area contributed by atoms with Crippen molar-refractivity contribution in [3.8, 4) is 0 Å². The summed E-state index contributed by atoms with van der Waals surface area (Å²) in [4.78, 5) is 7.34. The molecule has 22 heavy (non-hydrogen) atoms. The van der Waals surface area contributed by atoms with E-state index in [1.807, 2.05) is 0 Å². The maximum absolute atomic E-state index is 4.91. The number of hydrogen-bond acceptors (Lipinski definition) is 1. The number of guanidine groups is 1. The third-order valence-corrected chi connectivity index (χ3v) is 4.73. The lowest BCUT2D eigenvalue weighted by atomic mass is 9.78. The quantitative estimate of drug-likeness (QED) is 0.466. The molecule has 0 amide bonds. The lowest BCUT2D eigenvalue weighted by molar-refractivity contribution is 0.369. The molecule has 0 bridgehead atoms. The van der Waals surface area contributed by atoms with Crippen molar-refractivity contribution >= 4 is 29.9 Å². The average Bonchev–Trinajstić information content (AvgIpc) is 2.79. The first-order valence-electron chi connectivity index (χ1n) is 8.20. The number of benzene rings is 1. The Morgan fingerprint density at radius 2 is 2.14 bits per heavy atom. The van der Waals surface area contributed by atoms with Gasteiger partial charge >= 0.3 is 0 Å². The first-order chi connectivity index (χ1) is 10.1. The number of nitrogens with zero attached hydrogens (tertiary/aromatic N) is 2.